The molecule has 0 radical (unpaired) electrons. The quantitative estimate of drug-likeness (QED) is 0.471. The van der Waals surface area contributed by atoms with Crippen molar-refractivity contribution in [2.75, 3.05) is 0 Å². The van der Waals surface area contributed by atoms with Gasteiger partial charge < -0.3 is 0 Å². The first-order valence-corrected chi connectivity index (χ1v) is 3.24. The highest BCUT2D eigenvalue weighted by Crippen LogP contribution is 1.98. The molecule has 0 saturated carbocycles. The molecule has 0 aliphatic carbocycles. The Balaban J connectivity index is 3.89. The van der Waals surface area contributed by atoms with Gasteiger partial charge in [0.1, 0.15) is 0 Å². The summed E-state index contributed by atoms with van der Waals surface area (Å²) in [6.45, 7) is 2.87. The maximum Gasteiger partial charge on any atom is 0.400 e. The lowest BCUT2D eigenvalue weighted by Crippen LogP contribution is -2.09. The average molecular weight is 156 g/mol. The van der Waals surface area contributed by atoms with E-state index in [2.05, 4.69) is 10.8 Å². The summed E-state index contributed by atoms with van der Waals surface area (Å²) in [6.07, 6.45) is -1.59. The smallest absolute Gasteiger partial charge is 0.263 e. The van der Waals surface area contributed by atoms with Crippen LogP contribution >= 0.6 is 0 Å². The first-order chi connectivity index (χ1) is 3.95. The third-order valence-electron chi connectivity index (χ3n) is 0.399. The molecule has 0 spiro atoms. The van der Waals surface area contributed by atoms with E-state index < -0.39 is 16.8 Å². The van der Waals surface area contributed by atoms with Gasteiger partial charge in [-0.15, -0.1) is 0 Å². The number of hydrogen-bond donors (Lipinski definition) is 1. The number of rotatable bonds is 3. The summed E-state index contributed by atoms with van der Waals surface area (Å²) >= 11 is 0. The largest absolute Gasteiger partial charge is 0.400 e. The zero-order valence-electron chi connectivity index (χ0n) is 4.32. The molecule has 0 saturated heterocycles. The van der Waals surface area contributed by atoms with Gasteiger partial charge in [0, 0.05) is 0 Å². The molecule has 1 unspecified atom stereocenters. The molecule has 1 atom stereocenters. The lowest BCUT2D eigenvalue weighted by Gasteiger charge is -1.97. The van der Waals surface area contributed by atoms with Gasteiger partial charge in [0.05, 0.1) is 0 Å². The molecule has 6 heteroatoms. The summed E-state index contributed by atoms with van der Waals surface area (Å²) in [6, 6.07) is 0. The van der Waals surface area contributed by atoms with E-state index in [4.69, 9.17) is 4.55 Å². The Bertz CT molecular complexity index is 184. The van der Waals surface area contributed by atoms with Crippen LogP contribution in [0.25, 0.3) is 0 Å². The molecular formula is C3H5FO4S. The third-order valence-corrected chi connectivity index (χ3v) is 0.826. The van der Waals surface area contributed by atoms with Crippen LogP contribution in [-0.4, -0.2) is 19.3 Å². The van der Waals surface area contributed by atoms with Crippen LogP contribution in [0.15, 0.2) is 12.7 Å². The second-order valence-corrected chi connectivity index (χ2v) is 2.16. The van der Waals surface area contributed by atoms with Crippen molar-refractivity contribution in [3.05, 3.63) is 12.7 Å². The fourth-order valence-electron chi connectivity index (χ4n) is 0.155. The minimum Gasteiger partial charge on any atom is -0.263 e. The fourth-order valence-corrected chi connectivity index (χ4v) is 0.466. The number of halogens is 1. The van der Waals surface area contributed by atoms with Crippen LogP contribution in [0.1, 0.15) is 0 Å². The lowest BCUT2D eigenvalue weighted by molar-refractivity contribution is 0.105. The summed E-state index contributed by atoms with van der Waals surface area (Å²) in [5, 5.41) is 0. The third kappa shape index (κ3) is 5.41. The molecule has 0 aliphatic heterocycles. The lowest BCUT2D eigenvalue weighted by atomic mass is 10.7. The van der Waals surface area contributed by atoms with Gasteiger partial charge in [0.2, 0.25) is 6.36 Å². The first kappa shape index (κ1) is 8.54. The van der Waals surface area contributed by atoms with Crippen molar-refractivity contribution in [2.24, 2.45) is 0 Å². The van der Waals surface area contributed by atoms with Crippen molar-refractivity contribution in [2.45, 2.75) is 6.36 Å². The second-order valence-electron chi connectivity index (χ2n) is 1.11. The molecular weight excluding hydrogens is 151 g/mol. The minimum absolute atomic E-state index is 0.591. The van der Waals surface area contributed by atoms with E-state index in [1.165, 1.54) is 0 Å². The molecule has 9 heavy (non-hydrogen) atoms. The summed E-state index contributed by atoms with van der Waals surface area (Å²) in [5.41, 5.74) is 0. The molecule has 0 aliphatic rings. The van der Waals surface area contributed by atoms with E-state index in [1.807, 2.05) is 0 Å². The van der Waals surface area contributed by atoms with Crippen molar-refractivity contribution in [3.8, 4) is 0 Å². The molecule has 0 amide bonds. The highest BCUT2D eigenvalue weighted by atomic mass is 32.3. The van der Waals surface area contributed by atoms with E-state index >= 15 is 0 Å². The highest BCUT2D eigenvalue weighted by Gasteiger charge is 2.10. The normalized spacial score (nSPS) is 14.9. The van der Waals surface area contributed by atoms with Crippen LogP contribution in [0, 0.1) is 0 Å². The second kappa shape index (κ2) is 2.90. The van der Waals surface area contributed by atoms with E-state index in [9.17, 15) is 12.8 Å². The van der Waals surface area contributed by atoms with Crippen molar-refractivity contribution in [1.82, 2.24) is 0 Å². The van der Waals surface area contributed by atoms with Crippen molar-refractivity contribution in [1.29, 1.82) is 0 Å². The van der Waals surface area contributed by atoms with Gasteiger partial charge in [-0.3, -0.25) is 4.55 Å². The topological polar surface area (TPSA) is 63.6 Å². The standard InChI is InChI=1S/C3H5FO4S/c1-2-3(4)8-9(5,6)7/h2-3H,1H2,(H,5,6,7). The Morgan fingerprint density at radius 1 is 1.78 bits per heavy atom. The van der Waals surface area contributed by atoms with E-state index in [-0.39, 0.29) is 0 Å². The Kier molecular flexibility index (Phi) is 2.75. The maximum atomic E-state index is 11.7. The maximum absolute atomic E-state index is 11.7. The predicted molar refractivity (Wildman–Crippen MR) is 27.7 cm³/mol. The zero-order valence-corrected chi connectivity index (χ0v) is 5.14. The average Bonchev–Trinajstić information content (AvgIpc) is 1.62. The molecule has 4 nitrogen and oxygen atoms in total. The summed E-state index contributed by atoms with van der Waals surface area (Å²) in [5.74, 6) is 0. The van der Waals surface area contributed by atoms with Crippen molar-refractivity contribution >= 4 is 10.4 Å². The van der Waals surface area contributed by atoms with Crippen LogP contribution in [0.4, 0.5) is 4.39 Å². The fraction of sp³-hybridized carbons (Fsp3) is 0.333. The summed E-state index contributed by atoms with van der Waals surface area (Å²) in [4.78, 5) is 0. The van der Waals surface area contributed by atoms with Gasteiger partial charge in [-0.05, 0) is 6.08 Å². The molecule has 0 fully saturated rings. The van der Waals surface area contributed by atoms with Gasteiger partial charge in [-0.25, -0.2) is 8.57 Å². The van der Waals surface area contributed by atoms with Crippen LogP contribution in [0.5, 0.6) is 0 Å². The first-order valence-electron chi connectivity index (χ1n) is 1.88. The van der Waals surface area contributed by atoms with Crippen LogP contribution in [-0.2, 0) is 14.6 Å². The van der Waals surface area contributed by atoms with Gasteiger partial charge in [0.15, 0.2) is 0 Å². The van der Waals surface area contributed by atoms with Gasteiger partial charge >= 0.3 is 10.4 Å². The molecule has 0 rings (SSSR count). The molecule has 1 N–H and O–H groups in total. The van der Waals surface area contributed by atoms with Crippen LogP contribution in [0.3, 0.4) is 0 Å². The monoisotopic (exact) mass is 156 g/mol. The van der Waals surface area contributed by atoms with Gasteiger partial charge in [-0.1, -0.05) is 6.58 Å². The Labute approximate surface area is 51.9 Å². The van der Waals surface area contributed by atoms with Crippen molar-refractivity contribution < 1.29 is 21.5 Å². The van der Waals surface area contributed by atoms with E-state index in [0.717, 1.165) is 0 Å². The highest BCUT2D eigenvalue weighted by molar-refractivity contribution is 7.80. The predicted octanol–water partition coefficient (Wildman–Crippen LogP) is 0.287. The SMILES string of the molecule is C=CC(F)OS(=O)(=O)O. The van der Waals surface area contributed by atoms with Crippen LogP contribution in [0.2, 0.25) is 0 Å². The van der Waals surface area contributed by atoms with Gasteiger partial charge in [0.25, 0.3) is 0 Å². The molecule has 0 bridgehead atoms. The summed E-state index contributed by atoms with van der Waals surface area (Å²) in [7, 11) is -4.68. The number of hydrogen-bond acceptors (Lipinski definition) is 3. The van der Waals surface area contributed by atoms with Gasteiger partial charge in [-0.2, -0.15) is 8.42 Å². The number of alkyl halides is 1. The minimum atomic E-state index is -4.68. The van der Waals surface area contributed by atoms with E-state index in [0.29, 0.717) is 6.08 Å². The van der Waals surface area contributed by atoms with Crippen molar-refractivity contribution in [3.63, 3.8) is 0 Å². The molecule has 0 aromatic rings. The Hall–Kier alpha value is -0.460. The Morgan fingerprint density at radius 3 is 2.33 bits per heavy atom. The Morgan fingerprint density at radius 2 is 2.22 bits per heavy atom. The molecule has 0 heterocycles. The van der Waals surface area contributed by atoms with E-state index in [1.54, 1.807) is 0 Å². The van der Waals surface area contributed by atoms with Crippen LogP contribution < -0.4 is 0 Å². The molecule has 0 aromatic carbocycles. The summed E-state index contributed by atoms with van der Waals surface area (Å²) < 4.78 is 42.2. The molecule has 54 valence electrons. The zero-order chi connectivity index (χ0) is 7.49. The molecule has 0 aromatic heterocycles.